The number of aromatic nitrogens is 4. The first kappa shape index (κ1) is 18.1. The highest BCUT2D eigenvalue weighted by atomic mass is 16.3. The summed E-state index contributed by atoms with van der Waals surface area (Å²) in [6.45, 7) is 1.38. The quantitative estimate of drug-likeness (QED) is 0.279. The van der Waals surface area contributed by atoms with Crippen LogP contribution in [0.3, 0.4) is 0 Å². The van der Waals surface area contributed by atoms with Gasteiger partial charge in [0.05, 0.1) is 0 Å². The molecule has 5 rings (SSSR count). The summed E-state index contributed by atoms with van der Waals surface area (Å²) in [5, 5.41) is 18.6. The zero-order valence-electron chi connectivity index (χ0n) is 16.3. The number of phenols is 1. The molecule has 5 aromatic rings. The number of nitrogens with zero attached hydrogens (tertiary/aromatic N) is 2. The molecule has 0 radical (unpaired) electrons. The minimum absolute atomic E-state index is 0.276. The number of hydrogen-bond donors (Lipinski definition) is 5. The maximum atomic E-state index is 9.73. The number of anilines is 2. The first-order chi connectivity index (χ1) is 14.7. The molecule has 30 heavy (non-hydrogen) atoms. The Kier molecular flexibility index (Phi) is 4.69. The van der Waals surface area contributed by atoms with Crippen molar-refractivity contribution in [3.05, 3.63) is 78.2 Å². The van der Waals surface area contributed by atoms with Gasteiger partial charge in [-0.25, -0.2) is 4.98 Å². The van der Waals surface area contributed by atoms with E-state index in [9.17, 15) is 5.11 Å². The number of phenolic OH excluding ortho intramolecular Hbond substituents is 1. The summed E-state index contributed by atoms with van der Waals surface area (Å²) in [7, 11) is 0. The van der Waals surface area contributed by atoms with Crippen LogP contribution in [-0.4, -0.2) is 31.6 Å². The zero-order chi connectivity index (χ0) is 20.3. The van der Waals surface area contributed by atoms with Crippen LogP contribution < -0.4 is 10.6 Å². The van der Waals surface area contributed by atoms with Gasteiger partial charge in [0.25, 0.3) is 0 Å². The Morgan fingerprint density at radius 3 is 2.83 bits per heavy atom. The van der Waals surface area contributed by atoms with Crippen molar-refractivity contribution in [1.82, 2.24) is 19.9 Å². The third-order valence-electron chi connectivity index (χ3n) is 5.18. The average Bonchev–Trinajstić information content (AvgIpc) is 3.39. The molecule has 0 fully saturated rings. The molecular formula is C23H22N6O. The molecule has 0 spiro atoms. The summed E-state index contributed by atoms with van der Waals surface area (Å²) in [5.41, 5.74) is 4.48. The second-order valence-corrected chi connectivity index (χ2v) is 7.24. The molecule has 150 valence electrons. The molecule has 0 amide bonds. The lowest BCUT2D eigenvalue weighted by Gasteiger charge is -2.09. The van der Waals surface area contributed by atoms with Gasteiger partial charge in [0.15, 0.2) is 0 Å². The molecule has 0 atom stereocenters. The van der Waals surface area contributed by atoms with Gasteiger partial charge in [-0.3, -0.25) is 0 Å². The highest BCUT2D eigenvalue weighted by molar-refractivity contribution is 5.84. The lowest BCUT2D eigenvalue weighted by atomic mass is 10.1. The number of nitrogens with one attached hydrogen (secondary N) is 4. The van der Waals surface area contributed by atoms with Crippen LogP contribution in [0.2, 0.25) is 0 Å². The monoisotopic (exact) mass is 398 g/mol. The van der Waals surface area contributed by atoms with Crippen molar-refractivity contribution in [2.45, 2.75) is 13.0 Å². The number of benzene rings is 2. The number of rotatable bonds is 7. The molecule has 3 aromatic heterocycles. The lowest BCUT2D eigenvalue weighted by Crippen LogP contribution is -2.09. The number of aromatic hydroxyl groups is 1. The molecule has 0 saturated heterocycles. The maximum Gasteiger partial charge on any atom is 0.224 e. The van der Waals surface area contributed by atoms with E-state index in [0.717, 1.165) is 40.8 Å². The molecule has 0 aliphatic heterocycles. The first-order valence-corrected chi connectivity index (χ1v) is 9.90. The van der Waals surface area contributed by atoms with Crippen LogP contribution in [0.5, 0.6) is 5.75 Å². The van der Waals surface area contributed by atoms with Crippen LogP contribution in [0.15, 0.2) is 67.1 Å². The summed E-state index contributed by atoms with van der Waals surface area (Å²) in [6.07, 6.45) is 6.49. The Labute approximate surface area is 173 Å². The van der Waals surface area contributed by atoms with Crippen LogP contribution >= 0.6 is 0 Å². The SMILES string of the molecule is Oc1ccc2[nH]cc(CCNc3ccnc(NCc4ccc5[nH]ccc5c4)n3)c2c1. The van der Waals surface area contributed by atoms with E-state index >= 15 is 0 Å². The highest BCUT2D eigenvalue weighted by Crippen LogP contribution is 2.23. The molecular weight excluding hydrogens is 376 g/mol. The van der Waals surface area contributed by atoms with Crippen LogP contribution in [-0.2, 0) is 13.0 Å². The lowest BCUT2D eigenvalue weighted by molar-refractivity contribution is 0.476. The van der Waals surface area contributed by atoms with Gasteiger partial charge in [-0.1, -0.05) is 6.07 Å². The van der Waals surface area contributed by atoms with Gasteiger partial charge in [-0.05, 0) is 65.4 Å². The molecule has 0 bridgehead atoms. The molecule has 0 aliphatic carbocycles. The Morgan fingerprint density at radius 1 is 0.933 bits per heavy atom. The highest BCUT2D eigenvalue weighted by Gasteiger charge is 2.05. The Bertz CT molecular complexity index is 1310. The van der Waals surface area contributed by atoms with Crippen molar-refractivity contribution in [3.8, 4) is 5.75 Å². The second kappa shape index (κ2) is 7.79. The fourth-order valence-corrected chi connectivity index (χ4v) is 3.63. The van der Waals surface area contributed by atoms with E-state index in [-0.39, 0.29) is 5.75 Å². The Balaban J connectivity index is 1.19. The van der Waals surface area contributed by atoms with Gasteiger partial charge in [0.1, 0.15) is 11.6 Å². The molecule has 5 N–H and O–H groups in total. The van der Waals surface area contributed by atoms with Gasteiger partial charge in [-0.15, -0.1) is 0 Å². The summed E-state index contributed by atoms with van der Waals surface area (Å²) in [4.78, 5) is 15.3. The largest absolute Gasteiger partial charge is 0.508 e. The molecule has 3 heterocycles. The number of H-pyrrole nitrogens is 2. The Hall–Kier alpha value is -4.00. The van der Waals surface area contributed by atoms with Crippen molar-refractivity contribution < 1.29 is 5.11 Å². The second-order valence-electron chi connectivity index (χ2n) is 7.24. The van der Waals surface area contributed by atoms with Crippen molar-refractivity contribution in [1.29, 1.82) is 0 Å². The van der Waals surface area contributed by atoms with Crippen LogP contribution in [0, 0.1) is 0 Å². The fourth-order valence-electron chi connectivity index (χ4n) is 3.63. The van der Waals surface area contributed by atoms with Gasteiger partial charge < -0.3 is 25.7 Å². The maximum absolute atomic E-state index is 9.73. The summed E-state index contributed by atoms with van der Waals surface area (Å²) < 4.78 is 0. The minimum Gasteiger partial charge on any atom is -0.508 e. The normalized spacial score (nSPS) is 11.2. The summed E-state index contributed by atoms with van der Waals surface area (Å²) in [5.74, 6) is 1.64. The molecule has 7 heteroatoms. The van der Waals surface area contributed by atoms with Crippen molar-refractivity contribution in [3.63, 3.8) is 0 Å². The third kappa shape index (κ3) is 3.77. The number of hydrogen-bond acceptors (Lipinski definition) is 5. The number of aromatic amines is 2. The van der Waals surface area contributed by atoms with Crippen LogP contribution in [0.25, 0.3) is 21.8 Å². The van der Waals surface area contributed by atoms with E-state index < -0.39 is 0 Å². The van der Waals surface area contributed by atoms with Crippen molar-refractivity contribution in [2.75, 3.05) is 17.2 Å². The molecule has 0 saturated carbocycles. The molecule has 7 nitrogen and oxygen atoms in total. The van der Waals surface area contributed by atoms with E-state index in [1.54, 1.807) is 18.3 Å². The first-order valence-electron chi connectivity index (χ1n) is 9.90. The van der Waals surface area contributed by atoms with Gasteiger partial charge in [0.2, 0.25) is 5.95 Å². The van der Waals surface area contributed by atoms with E-state index in [1.807, 2.05) is 24.5 Å². The summed E-state index contributed by atoms with van der Waals surface area (Å²) in [6, 6.07) is 15.6. The van der Waals surface area contributed by atoms with E-state index in [1.165, 1.54) is 10.9 Å². The molecule has 0 unspecified atom stereocenters. The average molecular weight is 398 g/mol. The van der Waals surface area contributed by atoms with Crippen molar-refractivity contribution in [2.24, 2.45) is 0 Å². The topological polar surface area (TPSA) is 102 Å². The number of fused-ring (bicyclic) bond motifs is 2. The third-order valence-corrected chi connectivity index (χ3v) is 5.18. The zero-order valence-corrected chi connectivity index (χ0v) is 16.3. The minimum atomic E-state index is 0.276. The van der Waals surface area contributed by atoms with Crippen molar-refractivity contribution >= 4 is 33.6 Å². The van der Waals surface area contributed by atoms with Gasteiger partial charge >= 0.3 is 0 Å². The predicted octanol–water partition coefficient (Wildman–Crippen LogP) is 4.41. The smallest absolute Gasteiger partial charge is 0.224 e. The predicted molar refractivity (Wildman–Crippen MR) is 120 cm³/mol. The molecule has 2 aromatic carbocycles. The van der Waals surface area contributed by atoms with Crippen LogP contribution in [0.1, 0.15) is 11.1 Å². The Morgan fingerprint density at radius 2 is 1.87 bits per heavy atom. The molecule has 0 aliphatic rings. The van der Waals surface area contributed by atoms with E-state index in [0.29, 0.717) is 12.5 Å². The van der Waals surface area contributed by atoms with Crippen LogP contribution in [0.4, 0.5) is 11.8 Å². The van der Waals surface area contributed by atoms with E-state index in [4.69, 9.17) is 0 Å². The van der Waals surface area contributed by atoms with Gasteiger partial charge in [0, 0.05) is 48.1 Å². The van der Waals surface area contributed by atoms with E-state index in [2.05, 4.69) is 54.8 Å². The standard InChI is InChI=1S/C23H22N6O/c30-18-2-4-21-19(12-18)17(14-27-21)6-9-25-22-7-10-26-23(29-22)28-13-15-1-3-20-16(11-15)5-8-24-20/h1-5,7-8,10-12,14,24,27,30H,6,9,13H2,(H2,25,26,28,29). The van der Waals surface area contributed by atoms with Gasteiger partial charge in [-0.2, -0.15) is 4.98 Å². The fraction of sp³-hybridized carbons (Fsp3) is 0.130. The summed E-state index contributed by atoms with van der Waals surface area (Å²) >= 11 is 0.